The van der Waals surface area contributed by atoms with Crippen molar-refractivity contribution in [2.24, 2.45) is 0 Å². The van der Waals surface area contributed by atoms with Crippen molar-refractivity contribution in [3.8, 4) is 10.6 Å². The summed E-state index contributed by atoms with van der Waals surface area (Å²) in [6, 6.07) is 4.00. The summed E-state index contributed by atoms with van der Waals surface area (Å²) in [4.78, 5) is 9.70. The molecule has 6 heteroatoms. The maximum Gasteiger partial charge on any atom is 0.343 e. The van der Waals surface area contributed by atoms with Crippen LogP contribution in [0.2, 0.25) is 0 Å². The number of aromatic nitrogens is 2. The highest BCUT2D eigenvalue weighted by Gasteiger charge is 2.16. The van der Waals surface area contributed by atoms with E-state index in [2.05, 4.69) is 9.97 Å². The molecule has 0 aliphatic rings. The van der Waals surface area contributed by atoms with Crippen LogP contribution in [0.4, 0.5) is 0 Å². The molecular weight excluding hydrogens is 254 g/mol. The smallest absolute Gasteiger partial charge is 0.343 e. The summed E-state index contributed by atoms with van der Waals surface area (Å²) in [6.45, 7) is 3.91. The van der Waals surface area contributed by atoms with Crippen molar-refractivity contribution in [1.29, 1.82) is 0 Å². The minimum absolute atomic E-state index is 0. The molecule has 0 fully saturated rings. The predicted molar refractivity (Wildman–Crippen MR) is 72.2 cm³/mol. The molecule has 4 nitrogen and oxygen atoms in total. The first-order valence-electron chi connectivity index (χ1n) is 4.82. The van der Waals surface area contributed by atoms with Crippen molar-refractivity contribution < 1.29 is 4.55 Å². The summed E-state index contributed by atoms with van der Waals surface area (Å²) in [5, 5.41) is 2.42. The van der Waals surface area contributed by atoms with Crippen LogP contribution in [0.25, 0.3) is 10.6 Å². The molecule has 0 saturated carbocycles. The van der Waals surface area contributed by atoms with Gasteiger partial charge in [0.15, 0.2) is 0 Å². The molecule has 1 unspecified atom stereocenters. The van der Waals surface area contributed by atoms with Crippen LogP contribution in [-0.4, -0.2) is 20.8 Å². The lowest BCUT2D eigenvalue weighted by molar-refractivity contribution is 0.591. The van der Waals surface area contributed by atoms with Crippen molar-refractivity contribution in [3.05, 3.63) is 28.8 Å². The summed E-state index contributed by atoms with van der Waals surface area (Å²) in [7, 11) is 0. The molecule has 0 aliphatic heterocycles. The zero-order valence-electron chi connectivity index (χ0n) is 10.1. The Bertz CT molecular complexity index is 498. The number of rotatable bonds is 2. The topological polar surface area (TPSA) is 83.8 Å². The Hall–Kier alpha value is -0.950. The first-order chi connectivity index (χ1) is 7.59. The molecule has 17 heavy (non-hydrogen) atoms. The molecular formula is C11H15N3OS2. The van der Waals surface area contributed by atoms with Gasteiger partial charge in [0.25, 0.3) is 0 Å². The van der Waals surface area contributed by atoms with Gasteiger partial charge in [-0.1, -0.05) is 6.07 Å². The molecule has 0 saturated heterocycles. The zero-order valence-corrected chi connectivity index (χ0v) is 11.7. The largest absolute Gasteiger partial charge is 0.609 e. The van der Waals surface area contributed by atoms with Crippen molar-refractivity contribution in [1.82, 2.24) is 16.1 Å². The van der Waals surface area contributed by atoms with Crippen LogP contribution in [0.15, 0.2) is 22.7 Å². The maximum absolute atomic E-state index is 11.4. The molecule has 3 N–H and O–H groups in total. The second-order valence-electron chi connectivity index (χ2n) is 3.50. The highest BCUT2D eigenvalue weighted by atomic mass is 32.2. The first kappa shape index (κ1) is 14.1. The molecule has 2 aromatic heterocycles. The lowest BCUT2D eigenvalue weighted by atomic mass is 10.2. The molecule has 0 spiro atoms. The van der Waals surface area contributed by atoms with Gasteiger partial charge in [0.1, 0.15) is 6.26 Å². The fourth-order valence-electron chi connectivity index (χ4n) is 1.38. The number of aryl methyl sites for hydroxylation is 1. The van der Waals surface area contributed by atoms with Crippen molar-refractivity contribution >= 4 is 22.5 Å². The Morgan fingerprint density at radius 3 is 2.53 bits per heavy atom. The number of hydrogen-bond donors (Lipinski definition) is 1. The minimum Gasteiger partial charge on any atom is -0.609 e. The van der Waals surface area contributed by atoms with Crippen molar-refractivity contribution in [2.45, 2.75) is 19.0 Å². The zero-order chi connectivity index (χ0) is 11.7. The van der Waals surface area contributed by atoms with E-state index >= 15 is 0 Å². The Morgan fingerprint density at radius 1 is 1.29 bits per heavy atom. The van der Waals surface area contributed by atoms with E-state index in [-0.39, 0.29) is 6.15 Å². The highest BCUT2D eigenvalue weighted by molar-refractivity contribution is 7.90. The van der Waals surface area contributed by atoms with Gasteiger partial charge in [-0.3, -0.25) is 0 Å². The first-order valence-corrected chi connectivity index (χ1v) is 7.26. The summed E-state index contributed by atoms with van der Waals surface area (Å²) in [6.07, 6.45) is 1.60. The lowest BCUT2D eigenvalue weighted by Gasteiger charge is -2.08. The molecule has 0 bridgehead atoms. The fraction of sp³-hybridized carbons (Fsp3) is 0.273. The Labute approximate surface area is 108 Å². The molecule has 0 aromatic carbocycles. The van der Waals surface area contributed by atoms with Crippen LogP contribution in [-0.2, 0) is 11.2 Å². The molecule has 0 radical (unpaired) electrons. The maximum atomic E-state index is 11.4. The monoisotopic (exact) mass is 269 g/mol. The number of hydrogen-bond acceptors (Lipinski definition) is 5. The standard InChI is InChI=1S/C11H12N2OS2.H3N/c1-7-8(2)12-11(16(3)14)13-10(7)9-5-4-6-15-9;/h4-6H,1-3H3;1H3. The van der Waals surface area contributed by atoms with Gasteiger partial charge in [-0.15, -0.1) is 11.3 Å². The summed E-state index contributed by atoms with van der Waals surface area (Å²) >= 11 is 0.493. The van der Waals surface area contributed by atoms with E-state index in [9.17, 15) is 4.55 Å². The molecule has 1 atom stereocenters. The second kappa shape index (κ2) is 5.59. The Kier molecular flexibility index (Phi) is 4.64. The van der Waals surface area contributed by atoms with E-state index in [1.165, 1.54) is 0 Å². The fourth-order valence-corrected chi connectivity index (χ4v) is 2.64. The van der Waals surface area contributed by atoms with Crippen LogP contribution >= 0.6 is 11.3 Å². The van der Waals surface area contributed by atoms with Crippen molar-refractivity contribution in [2.75, 3.05) is 6.26 Å². The normalized spacial score (nSPS) is 12.0. The number of nitrogens with zero attached hydrogens (tertiary/aromatic N) is 2. The second-order valence-corrected chi connectivity index (χ2v) is 5.72. The molecule has 2 rings (SSSR count). The molecule has 92 valence electrons. The van der Waals surface area contributed by atoms with Gasteiger partial charge >= 0.3 is 5.16 Å². The van der Waals surface area contributed by atoms with Gasteiger partial charge in [0.2, 0.25) is 0 Å². The van der Waals surface area contributed by atoms with E-state index in [4.69, 9.17) is 0 Å². The molecule has 2 heterocycles. The van der Waals surface area contributed by atoms with Gasteiger partial charge in [-0.05, 0) is 30.9 Å². The lowest BCUT2D eigenvalue weighted by Crippen LogP contribution is -2.07. The average molecular weight is 269 g/mol. The van der Waals surface area contributed by atoms with Gasteiger partial charge in [-0.2, -0.15) is 9.97 Å². The third-order valence-electron chi connectivity index (χ3n) is 2.38. The van der Waals surface area contributed by atoms with E-state index in [1.807, 2.05) is 31.4 Å². The summed E-state index contributed by atoms with van der Waals surface area (Å²) < 4.78 is 11.4. The molecule has 0 aliphatic carbocycles. The van der Waals surface area contributed by atoms with E-state index in [0.29, 0.717) is 5.16 Å². The van der Waals surface area contributed by atoms with Crippen LogP contribution in [0.1, 0.15) is 11.3 Å². The van der Waals surface area contributed by atoms with Crippen LogP contribution in [0.3, 0.4) is 0 Å². The van der Waals surface area contributed by atoms with Crippen LogP contribution in [0, 0.1) is 13.8 Å². The molecule has 0 amide bonds. The van der Waals surface area contributed by atoms with Crippen LogP contribution < -0.4 is 6.15 Å². The Morgan fingerprint density at radius 2 is 2.00 bits per heavy atom. The van der Waals surface area contributed by atoms with Gasteiger partial charge in [0, 0.05) is 16.9 Å². The quantitative estimate of drug-likeness (QED) is 0.671. The average Bonchev–Trinajstić information content (AvgIpc) is 2.74. The van der Waals surface area contributed by atoms with E-state index in [0.717, 1.165) is 21.8 Å². The highest BCUT2D eigenvalue weighted by Crippen LogP contribution is 2.27. The van der Waals surface area contributed by atoms with Gasteiger partial charge < -0.3 is 10.7 Å². The minimum atomic E-state index is -1.14. The Balaban J connectivity index is 0.00000144. The van der Waals surface area contributed by atoms with Crippen molar-refractivity contribution in [3.63, 3.8) is 0 Å². The molecule has 2 aromatic rings. The van der Waals surface area contributed by atoms with Gasteiger partial charge in [0.05, 0.1) is 10.6 Å². The number of thiophene rings is 1. The van der Waals surface area contributed by atoms with Crippen LogP contribution in [0.5, 0.6) is 0 Å². The summed E-state index contributed by atoms with van der Waals surface area (Å²) in [5.74, 6) is 0. The third-order valence-corrected chi connectivity index (χ3v) is 3.95. The van der Waals surface area contributed by atoms with Gasteiger partial charge in [-0.25, -0.2) is 0 Å². The summed E-state index contributed by atoms with van der Waals surface area (Å²) in [5.41, 5.74) is 2.84. The van der Waals surface area contributed by atoms with E-state index in [1.54, 1.807) is 17.6 Å². The SMILES string of the molecule is Cc1nc([S+](C)[O-])nc(-c2cccs2)c1C.N. The van der Waals surface area contributed by atoms with E-state index < -0.39 is 11.2 Å². The third kappa shape index (κ3) is 2.84. The predicted octanol–water partition coefficient (Wildman–Crippen LogP) is 2.72.